The molecule has 0 aliphatic carbocycles. The monoisotopic (exact) mass is 558 g/mol. The molecule has 0 saturated carbocycles. The van der Waals surface area contributed by atoms with Crippen LogP contribution in [0.3, 0.4) is 0 Å². The van der Waals surface area contributed by atoms with Crippen LogP contribution in [0.2, 0.25) is 0 Å². The number of ether oxygens (including phenoxy) is 5. The van der Waals surface area contributed by atoms with E-state index in [1.807, 2.05) is 6.92 Å². The van der Waals surface area contributed by atoms with Gasteiger partial charge in [-0.25, -0.2) is 8.42 Å². The third kappa shape index (κ3) is 6.85. The summed E-state index contributed by atoms with van der Waals surface area (Å²) in [6.45, 7) is 3.64. The van der Waals surface area contributed by atoms with Gasteiger partial charge in [-0.3, -0.25) is 9.10 Å². The normalized spacial score (nSPS) is 11.7. The minimum Gasteiger partial charge on any atom is -0.494 e. The van der Waals surface area contributed by atoms with Crippen molar-refractivity contribution >= 4 is 21.6 Å². The Morgan fingerprint density at radius 1 is 0.821 bits per heavy atom. The van der Waals surface area contributed by atoms with E-state index in [0.29, 0.717) is 35.3 Å². The fourth-order valence-electron chi connectivity index (χ4n) is 3.92. The van der Waals surface area contributed by atoms with E-state index in [9.17, 15) is 13.2 Å². The predicted octanol–water partition coefficient (Wildman–Crippen LogP) is 4.19. The van der Waals surface area contributed by atoms with E-state index in [4.69, 9.17) is 23.7 Å². The van der Waals surface area contributed by atoms with E-state index in [1.54, 1.807) is 49.4 Å². The Morgan fingerprint density at radius 2 is 1.38 bits per heavy atom. The highest BCUT2D eigenvalue weighted by atomic mass is 32.2. The first-order valence-electron chi connectivity index (χ1n) is 12.2. The topological polar surface area (TPSA) is 113 Å². The van der Waals surface area contributed by atoms with Gasteiger partial charge in [-0.2, -0.15) is 0 Å². The van der Waals surface area contributed by atoms with Gasteiger partial charge >= 0.3 is 0 Å². The Labute approximate surface area is 229 Å². The molecule has 0 aliphatic rings. The summed E-state index contributed by atoms with van der Waals surface area (Å²) in [5.41, 5.74) is 1.05. The Kier molecular flexibility index (Phi) is 9.89. The van der Waals surface area contributed by atoms with Crippen LogP contribution in [0.25, 0.3) is 0 Å². The summed E-state index contributed by atoms with van der Waals surface area (Å²) in [5, 5.41) is 2.87. The second-order valence-electron chi connectivity index (χ2n) is 8.36. The molecule has 1 amide bonds. The molecule has 11 heteroatoms. The second-order valence-corrected chi connectivity index (χ2v) is 10.2. The first kappa shape index (κ1) is 29.4. The Balaban J connectivity index is 1.94. The molecule has 1 unspecified atom stereocenters. The lowest BCUT2D eigenvalue weighted by Gasteiger charge is -2.26. The molecule has 39 heavy (non-hydrogen) atoms. The number of carbonyl (C=O) groups excluding carboxylic acids is 1. The molecule has 0 saturated heterocycles. The number of nitrogens with zero attached hydrogens (tertiary/aromatic N) is 1. The van der Waals surface area contributed by atoms with Crippen molar-refractivity contribution in [3.05, 3.63) is 66.2 Å². The van der Waals surface area contributed by atoms with Crippen LogP contribution in [0.15, 0.2) is 65.6 Å². The standard InChI is InChI=1S/C28H34N2O8S/c1-7-38-22-11-9-21(10-12-22)30(39(32,33)23-13-15-25(35-4)27(17-23)37-6)18-28(31)29-19(2)20-8-14-24(34-3)26(16-20)36-5/h8-17,19H,7,18H2,1-6H3,(H,29,31). The molecule has 10 nitrogen and oxygen atoms in total. The Bertz CT molecular complexity index is 1380. The lowest BCUT2D eigenvalue weighted by Crippen LogP contribution is -2.41. The molecule has 0 fully saturated rings. The van der Waals surface area contributed by atoms with E-state index < -0.39 is 28.5 Å². The van der Waals surface area contributed by atoms with Crippen LogP contribution in [-0.4, -0.2) is 55.9 Å². The number of sulfonamides is 1. The molecule has 0 heterocycles. The van der Waals surface area contributed by atoms with Crippen molar-refractivity contribution in [1.82, 2.24) is 5.32 Å². The summed E-state index contributed by atoms with van der Waals surface area (Å²) in [7, 11) is 1.75. The SMILES string of the molecule is CCOc1ccc(N(CC(=O)NC(C)c2ccc(OC)c(OC)c2)S(=O)(=O)c2ccc(OC)c(OC)c2)cc1. The highest BCUT2D eigenvalue weighted by Gasteiger charge is 2.29. The van der Waals surface area contributed by atoms with Gasteiger partial charge in [0, 0.05) is 6.07 Å². The third-order valence-electron chi connectivity index (χ3n) is 5.95. The third-order valence-corrected chi connectivity index (χ3v) is 7.72. The maximum Gasteiger partial charge on any atom is 0.264 e. The predicted molar refractivity (Wildman–Crippen MR) is 148 cm³/mol. The van der Waals surface area contributed by atoms with Crippen molar-refractivity contribution in [3.63, 3.8) is 0 Å². The maximum atomic E-state index is 13.8. The lowest BCUT2D eigenvalue weighted by atomic mass is 10.1. The second kappa shape index (κ2) is 13.1. The number of hydrogen-bond donors (Lipinski definition) is 1. The van der Waals surface area contributed by atoms with Crippen molar-refractivity contribution in [2.45, 2.75) is 24.8 Å². The molecular weight excluding hydrogens is 524 g/mol. The summed E-state index contributed by atoms with van der Waals surface area (Å²) in [4.78, 5) is 13.2. The van der Waals surface area contributed by atoms with Crippen LogP contribution < -0.4 is 33.3 Å². The van der Waals surface area contributed by atoms with E-state index in [2.05, 4.69) is 5.32 Å². The molecule has 0 aliphatic heterocycles. The first-order chi connectivity index (χ1) is 18.7. The lowest BCUT2D eigenvalue weighted by molar-refractivity contribution is -0.120. The van der Waals surface area contributed by atoms with E-state index in [0.717, 1.165) is 9.87 Å². The number of rotatable bonds is 13. The smallest absolute Gasteiger partial charge is 0.264 e. The summed E-state index contributed by atoms with van der Waals surface area (Å²) in [5.74, 6) is 1.78. The van der Waals surface area contributed by atoms with Crippen molar-refractivity contribution < 1.29 is 36.9 Å². The fraction of sp³-hybridized carbons (Fsp3) is 0.321. The zero-order chi connectivity index (χ0) is 28.6. The van der Waals surface area contributed by atoms with Crippen LogP contribution in [0.5, 0.6) is 28.7 Å². The van der Waals surface area contributed by atoms with Crippen molar-refractivity contribution in [2.75, 3.05) is 45.9 Å². The molecule has 1 atom stereocenters. The highest BCUT2D eigenvalue weighted by molar-refractivity contribution is 7.92. The molecule has 1 N–H and O–H groups in total. The van der Waals surface area contributed by atoms with Gasteiger partial charge in [0.1, 0.15) is 12.3 Å². The summed E-state index contributed by atoms with van der Waals surface area (Å²) < 4.78 is 55.4. The molecule has 3 aromatic rings. The van der Waals surface area contributed by atoms with E-state index in [-0.39, 0.29) is 10.6 Å². The van der Waals surface area contributed by atoms with Crippen LogP contribution in [-0.2, 0) is 14.8 Å². The zero-order valence-electron chi connectivity index (χ0n) is 22.9. The molecule has 0 radical (unpaired) electrons. The van der Waals surface area contributed by atoms with Crippen LogP contribution >= 0.6 is 0 Å². The average molecular weight is 559 g/mol. The highest BCUT2D eigenvalue weighted by Crippen LogP contribution is 2.33. The Hall–Kier alpha value is -4.12. The van der Waals surface area contributed by atoms with Crippen molar-refractivity contribution in [1.29, 1.82) is 0 Å². The number of carbonyl (C=O) groups is 1. The number of amides is 1. The van der Waals surface area contributed by atoms with Gasteiger partial charge in [0.15, 0.2) is 23.0 Å². The minimum absolute atomic E-state index is 0.0604. The summed E-state index contributed by atoms with van der Waals surface area (Å²) in [6.07, 6.45) is 0. The molecule has 0 bridgehead atoms. The Morgan fingerprint density at radius 3 is 1.95 bits per heavy atom. The van der Waals surface area contributed by atoms with Crippen molar-refractivity contribution in [2.24, 2.45) is 0 Å². The molecule has 3 rings (SSSR count). The van der Waals surface area contributed by atoms with Gasteiger partial charge in [0.25, 0.3) is 10.0 Å². The zero-order valence-corrected chi connectivity index (χ0v) is 23.7. The molecule has 0 aromatic heterocycles. The number of nitrogens with one attached hydrogen (secondary N) is 1. The quantitative estimate of drug-likeness (QED) is 0.332. The van der Waals surface area contributed by atoms with Gasteiger partial charge in [-0.15, -0.1) is 0 Å². The van der Waals surface area contributed by atoms with Gasteiger partial charge in [0.2, 0.25) is 5.91 Å². The number of methoxy groups -OCH3 is 4. The average Bonchev–Trinajstić information content (AvgIpc) is 2.95. The summed E-state index contributed by atoms with van der Waals surface area (Å²) >= 11 is 0. The minimum atomic E-state index is -4.19. The van der Waals surface area contributed by atoms with Gasteiger partial charge in [0.05, 0.1) is 51.7 Å². The number of benzene rings is 3. The van der Waals surface area contributed by atoms with E-state index >= 15 is 0 Å². The van der Waals surface area contributed by atoms with Gasteiger partial charge in [-0.1, -0.05) is 6.07 Å². The fourth-order valence-corrected chi connectivity index (χ4v) is 5.35. The van der Waals surface area contributed by atoms with Crippen molar-refractivity contribution in [3.8, 4) is 28.7 Å². The van der Waals surface area contributed by atoms with Gasteiger partial charge in [-0.05, 0) is 67.9 Å². The number of hydrogen-bond acceptors (Lipinski definition) is 8. The number of anilines is 1. The molecule has 0 spiro atoms. The van der Waals surface area contributed by atoms with Crippen LogP contribution in [0.1, 0.15) is 25.5 Å². The van der Waals surface area contributed by atoms with Crippen LogP contribution in [0.4, 0.5) is 5.69 Å². The molecular formula is C28H34N2O8S. The molecule has 210 valence electrons. The van der Waals surface area contributed by atoms with Gasteiger partial charge < -0.3 is 29.0 Å². The largest absolute Gasteiger partial charge is 0.494 e. The van der Waals surface area contributed by atoms with Crippen LogP contribution in [0, 0.1) is 0 Å². The van der Waals surface area contributed by atoms with E-state index in [1.165, 1.54) is 46.6 Å². The summed E-state index contributed by atoms with van der Waals surface area (Å²) in [6, 6.07) is 15.6. The first-order valence-corrected chi connectivity index (χ1v) is 13.6. The maximum absolute atomic E-state index is 13.8. The molecule has 3 aromatic carbocycles.